The van der Waals surface area contributed by atoms with Crippen LogP contribution in [0.1, 0.15) is 24.6 Å². The Morgan fingerprint density at radius 2 is 1.88 bits per heavy atom. The van der Waals surface area contributed by atoms with Gasteiger partial charge in [0.2, 0.25) is 0 Å². The second kappa shape index (κ2) is 10.4. The van der Waals surface area contributed by atoms with Gasteiger partial charge in [0.25, 0.3) is 10.0 Å². The number of aromatic nitrogens is 1. The summed E-state index contributed by atoms with van der Waals surface area (Å²) in [7, 11) is -2.67. The minimum atomic E-state index is -4.68. The van der Waals surface area contributed by atoms with Crippen molar-refractivity contribution in [3.63, 3.8) is 0 Å². The van der Waals surface area contributed by atoms with Gasteiger partial charge >= 0.3 is 6.18 Å². The monoisotopic (exact) mass is 611 g/mol. The summed E-state index contributed by atoms with van der Waals surface area (Å²) < 4.78 is 81.5. The summed E-state index contributed by atoms with van der Waals surface area (Å²) in [6.07, 6.45) is -4.17. The van der Waals surface area contributed by atoms with Crippen molar-refractivity contribution in [3.05, 3.63) is 64.1 Å². The third-order valence-electron chi connectivity index (χ3n) is 6.62. The fourth-order valence-corrected chi connectivity index (χ4v) is 7.41. The van der Waals surface area contributed by atoms with E-state index < -0.39 is 33.1 Å². The van der Waals surface area contributed by atoms with Crippen LogP contribution < -0.4 is 19.5 Å². The maximum atomic E-state index is 13.7. The van der Waals surface area contributed by atoms with Crippen molar-refractivity contribution in [2.45, 2.75) is 36.3 Å². The number of thiophene rings is 1. The highest BCUT2D eigenvalue weighted by atomic mass is 35.5. The standard InChI is InChI=1S/C27H25ClF3N3O4S2/c1-15-4-6-18-17(7-9-21(37-3)24(18)33-15)19-13-23(39-25(19)28)40(35,36)34-16-5-8-20(27(29,30)31)22(12-16)38-26(2)10-11-32-14-26/h4-9,12-13,32,34H,10-11,14H2,1-3H3/t26-/m1/s1. The zero-order chi connectivity index (χ0) is 28.9. The molecule has 40 heavy (non-hydrogen) atoms. The highest BCUT2D eigenvalue weighted by Gasteiger charge is 2.38. The zero-order valence-electron chi connectivity index (χ0n) is 21.6. The average molecular weight is 612 g/mol. The third kappa shape index (κ3) is 5.58. The molecule has 2 aromatic carbocycles. The van der Waals surface area contributed by atoms with Crippen LogP contribution in [0.3, 0.4) is 0 Å². The van der Waals surface area contributed by atoms with E-state index in [-0.39, 0.29) is 14.2 Å². The Bertz CT molecular complexity index is 1700. The molecule has 0 radical (unpaired) electrons. The molecule has 4 aromatic rings. The number of nitrogens with zero attached hydrogens (tertiary/aromatic N) is 1. The summed E-state index contributed by atoms with van der Waals surface area (Å²) in [5.74, 6) is 0.113. The van der Waals surface area contributed by atoms with Crippen LogP contribution >= 0.6 is 22.9 Å². The number of hydrogen-bond acceptors (Lipinski definition) is 7. The molecule has 0 bridgehead atoms. The van der Waals surface area contributed by atoms with Crippen LogP contribution in [-0.2, 0) is 16.2 Å². The molecule has 7 nitrogen and oxygen atoms in total. The molecular weight excluding hydrogens is 587 g/mol. The average Bonchev–Trinajstić information content (AvgIpc) is 3.48. The van der Waals surface area contributed by atoms with Gasteiger partial charge in [-0.1, -0.05) is 17.7 Å². The molecule has 1 aliphatic rings. The Balaban J connectivity index is 1.50. The van der Waals surface area contributed by atoms with E-state index >= 15 is 0 Å². The van der Waals surface area contributed by atoms with Gasteiger partial charge in [-0.2, -0.15) is 13.2 Å². The number of anilines is 1. The normalized spacial score (nSPS) is 17.8. The van der Waals surface area contributed by atoms with E-state index in [1.54, 1.807) is 19.1 Å². The zero-order valence-corrected chi connectivity index (χ0v) is 24.0. The van der Waals surface area contributed by atoms with E-state index in [0.29, 0.717) is 41.9 Å². The summed E-state index contributed by atoms with van der Waals surface area (Å²) in [6.45, 7) is 4.53. The van der Waals surface area contributed by atoms with E-state index in [1.807, 2.05) is 19.1 Å². The molecule has 0 amide bonds. The number of nitrogens with one attached hydrogen (secondary N) is 2. The molecule has 0 spiro atoms. The van der Waals surface area contributed by atoms with Gasteiger partial charge in [0.05, 0.1) is 18.4 Å². The molecule has 13 heteroatoms. The molecule has 0 saturated carbocycles. The number of halogens is 4. The molecule has 5 rings (SSSR count). The van der Waals surface area contributed by atoms with Crippen LogP contribution in [0.4, 0.5) is 18.9 Å². The van der Waals surface area contributed by atoms with E-state index in [9.17, 15) is 21.6 Å². The fraction of sp³-hybridized carbons (Fsp3) is 0.296. The summed E-state index contributed by atoms with van der Waals surface area (Å²) >= 11 is 7.36. The topological polar surface area (TPSA) is 89.6 Å². The lowest BCUT2D eigenvalue weighted by Crippen LogP contribution is -2.35. The van der Waals surface area contributed by atoms with E-state index in [2.05, 4.69) is 15.0 Å². The van der Waals surface area contributed by atoms with Crippen molar-refractivity contribution in [3.8, 4) is 22.6 Å². The predicted molar refractivity (Wildman–Crippen MR) is 150 cm³/mol. The first-order valence-electron chi connectivity index (χ1n) is 12.2. The molecule has 0 unspecified atom stereocenters. The van der Waals surface area contributed by atoms with E-state index in [1.165, 1.54) is 13.2 Å². The first-order chi connectivity index (χ1) is 18.8. The minimum absolute atomic E-state index is 0.0711. The maximum Gasteiger partial charge on any atom is 0.419 e. The molecule has 2 aromatic heterocycles. The molecule has 212 valence electrons. The second-order valence-electron chi connectivity index (χ2n) is 9.71. The number of aryl methyl sites for hydroxylation is 1. The number of fused-ring (bicyclic) bond motifs is 1. The molecule has 1 aliphatic heterocycles. The lowest BCUT2D eigenvalue weighted by molar-refractivity contribution is -0.139. The fourth-order valence-electron chi connectivity index (χ4n) is 4.61. The Morgan fingerprint density at radius 3 is 2.55 bits per heavy atom. The SMILES string of the molecule is COc1ccc(-c2cc(S(=O)(=O)Nc3ccc(C(F)(F)F)c(O[C@]4(C)CCNC4)c3)sc2Cl)c2ccc(C)nc12. The van der Waals surface area contributed by atoms with Crippen molar-refractivity contribution >= 4 is 49.6 Å². The molecule has 1 atom stereocenters. The van der Waals surface area contributed by atoms with E-state index in [0.717, 1.165) is 40.6 Å². The first kappa shape index (κ1) is 28.5. The van der Waals surface area contributed by atoms with Gasteiger partial charge in [-0.3, -0.25) is 4.72 Å². The number of pyridine rings is 1. The van der Waals surface area contributed by atoms with Gasteiger partial charge < -0.3 is 14.8 Å². The van der Waals surface area contributed by atoms with Crippen molar-refractivity contribution < 1.29 is 31.1 Å². The van der Waals surface area contributed by atoms with Gasteiger partial charge in [0, 0.05) is 35.7 Å². The van der Waals surface area contributed by atoms with Gasteiger partial charge in [0.1, 0.15) is 31.2 Å². The number of hydrogen-bond donors (Lipinski definition) is 2. The van der Waals surface area contributed by atoms with Crippen molar-refractivity contribution in [1.29, 1.82) is 0 Å². The smallest absolute Gasteiger partial charge is 0.419 e. The lowest BCUT2D eigenvalue weighted by Gasteiger charge is -2.27. The van der Waals surface area contributed by atoms with Crippen molar-refractivity contribution in [2.75, 3.05) is 24.9 Å². The van der Waals surface area contributed by atoms with Gasteiger partial charge in [0.15, 0.2) is 0 Å². The molecule has 0 aliphatic carbocycles. The number of rotatable bonds is 7. The Morgan fingerprint density at radius 1 is 1.10 bits per heavy atom. The highest BCUT2D eigenvalue weighted by Crippen LogP contribution is 2.43. The van der Waals surface area contributed by atoms with Crippen LogP contribution in [-0.4, -0.2) is 39.2 Å². The number of sulfonamides is 1. The number of ether oxygens (including phenoxy) is 2. The van der Waals surface area contributed by atoms with E-state index in [4.69, 9.17) is 21.1 Å². The minimum Gasteiger partial charge on any atom is -0.494 e. The second-order valence-corrected chi connectivity index (χ2v) is 13.3. The van der Waals surface area contributed by atoms with Gasteiger partial charge in [-0.15, -0.1) is 11.3 Å². The van der Waals surface area contributed by atoms with Crippen LogP contribution in [0.2, 0.25) is 4.34 Å². The van der Waals surface area contributed by atoms with Crippen molar-refractivity contribution in [2.24, 2.45) is 0 Å². The molecular formula is C27H25ClF3N3O4S2. The quantitative estimate of drug-likeness (QED) is 0.237. The van der Waals surface area contributed by atoms with Gasteiger partial charge in [-0.25, -0.2) is 13.4 Å². The Kier molecular flexibility index (Phi) is 7.40. The molecule has 1 saturated heterocycles. The highest BCUT2D eigenvalue weighted by molar-refractivity contribution is 7.94. The predicted octanol–water partition coefficient (Wildman–Crippen LogP) is 6.88. The Labute approximate surface area is 238 Å². The number of benzene rings is 2. The summed E-state index contributed by atoms with van der Waals surface area (Å²) in [6, 6.07) is 11.6. The molecule has 3 heterocycles. The van der Waals surface area contributed by atoms with Crippen LogP contribution in [0.5, 0.6) is 11.5 Å². The third-order valence-corrected chi connectivity index (χ3v) is 9.84. The first-order valence-corrected chi connectivity index (χ1v) is 14.9. The summed E-state index contributed by atoms with van der Waals surface area (Å²) in [5, 5.41) is 3.79. The van der Waals surface area contributed by atoms with Crippen LogP contribution in [0.25, 0.3) is 22.0 Å². The summed E-state index contributed by atoms with van der Waals surface area (Å²) in [5.41, 5.74) is 0.608. The van der Waals surface area contributed by atoms with Crippen LogP contribution in [0.15, 0.2) is 52.7 Å². The number of methoxy groups -OCH3 is 1. The largest absolute Gasteiger partial charge is 0.494 e. The maximum absolute atomic E-state index is 13.7. The molecule has 2 N–H and O–H groups in total. The van der Waals surface area contributed by atoms with Crippen molar-refractivity contribution in [1.82, 2.24) is 10.3 Å². The molecule has 1 fully saturated rings. The Hall–Kier alpha value is -3.06. The summed E-state index contributed by atoms with van der Waals surface area (Å²) in [4.78, 5) is 4.56. The lowest BCUT2D eigenvalue weighted by atomic mass is 10.0. The van der Waals surface area contributed by atoms with Gasteiger partial charge in [-0.05, 0) is 62.4 Å². The van der Waals surface area contributed by atoms with Crippen LogP contribution in [0, 0.1) is 6.92 Å². The number of alkyl halides is 3.